The van der Waals surface area contributed by atoms with Crippen molar-refractivity contribution in [1.29, 1.82) is 0 Å². The first-order chi connectivity index (χ1) is 11.0. The average molecular weight is 326 g/mol. The maximum absolute atomic E-state index is 5.30. The fourth-order valence-corrected chi connectivity index (χ4v) is 2.56. The van der Waals surface area contributed by atoms with E-state index >= 15 is 0 Å². The van der Waals surface area contributed by atoms with Crippen LogP contribution in [0.3, 0.4) is 0 Å². The molecule has 2 heterocycles. The Balaban J connectivity index is 2.04. The lowest BCUT2D eigenvalue weighted by atomic mass is 10.1. The second-order valence-corrected chi connectivity index (χ2v) is 5.87. The monoisotopic (exact) mass is 326 g/mol. The van der Waals surface area contributed by atoms with Crippen molar-refractivity contribution in [2.45, 2.75) is 20.8 Å². The van der Waals surface area contributed by atoms with Crippen LogP contribution in [-0.2, 0) is 7.05 Å². The molecule has 0 aliphatic heterocycles. The largest absolute Gasteiger partial charge is 0.272 e. The number of aromatic nitrogens is 5. The second-order valence-electron chi connectivity index (χ2n) is 5.48. The predicted octanol–water partition coefficient (Wildman–Crippen LogP) is 3.15. The van der Waals surface area contributed by atoms with E-state index in [0.717, 1.165) is 22.5 Å². The molecule has 0 aliphatic rings. The van der Waals surface area contributed by atoms with E-state index in [1.807, 2.05) is 56.8 Å². The molecule has 1 aromatic carbocycles. The quantitative estimate of drug-likeness (QED) is 0.594. The Kier molecular flexibility index (Phi) is 3.96. The summed E-state index contributed by atoms with van der Waals surface area (Å²) in [6, 6.07) is 8.09. The Labute approximate surface area is 139 Å². The van der Waals surface area contributed by atoms with Crippen LogP contribution >= 0.6 is 12.2 Å². The van der Waals surface area contributed by atoms with Crippen molar-refractivity contribution < 1.29 is 0 Å². The molecule has 3 aromatic rings. The summed E-state index contributed by atoms with van der Waals surface area (Å²) in [5.41, 5.74) is 5.13. The molecule has 0 aliphatic carbocycles. The molecule has 6 nitrogen and oxygen atoms in total. The first-order valence-corrected chi connectivity index (χ1v) is 7.67. The molecule has 0 atom stereocenters. The number of aromatic amines is 1. The van der Waals surface area contributed by atoms with E-state index in [1.165, 1.54) is 5.56 Å². The summed E-state index contributed by atoms with van der Waals surface area (Å²) in [5.74, 6) is 0.686. The fraction of sp³-hybridized carbons (Fsp3) is 0.250. The van der Waals surface area contributed by atoms with Gasteiger partial charge in [-0.25, -0.2) is 5.10 Å². The van der Waals surface area contributed by atoms with Crippen LogP contribution in [-0.4, -0.2) is 30.9 Å². The Morgan fingerprint density at radius 3 is 2.48 bits per heavy atom. The Hall–Kier alpha value is -2.54. The van der Waals surface area contributed by atoms with Crippen LogP contribution in [0.2, 0.25) is 0 Å². The van der Waals surface area contributed by atoms with E-state index in [2.05, 4.69) is 20.4 Å². The molecular weight excluding hydrogens is 308 g/mol. The number of nitrogens with zero attached hydrogens (tertiary/aromatic N) is 5. The van der Waals surface area contributed by atoms with E-state index < -0.39 is 0 Å². The summed E-state index contributed by atoms with van der Waals surface area (Å²) in [4.78, 5) is 0. The standard InChI is InChI=1S/C16H18N6S/c1-10-5-7-13(8-6-10)15-18-19-16(23)22(15)17-9-14-11(2)20-21(4)12(14)3/h5-9H,1-4H3,(H,19,23). The normalized spacial score (nSPS) is 11.5. The molecule has 0 radical (unpaired) electrons. The van der Waals surface area contributed by atoms with Gasteiger partial charge in [-0.15, -0.1) is 0 Å². The summed E-state index contributed by atoms with van der Waals surface area (Å²) < 4.78 is 3.92. The first-order valence-electron chi connectivity index (χ1n) is 7.26. The highest BCUT2D eigenvalue weighted by Gasteiger charge is 2.10. The molecule has 118 valence electrons. The van der Waals surface area contributed by atoms with Crippen LogP contribution in [0.25, 0.3) is 11.4 Å². The maximum Gasteiger partial charge on any atom is 0.216 e. The lowest BCUT2D eigenvalue weighted by Gasteiger charge is -2.01. The highest BCUT2D eigenvalue weighted by Crippen LogP contribution is 2.18. The van der Waals surface area contributed by atoms with Crippen molar-refractivity contribution in [1.82, 2.24) is 24.7 Å². The van der Waals surface area contributed by atoms with Crippen LogP contribution in [0.15, 0.2) is 29.4 Å². The second kappa shape index (κ2) is 5.92. The van der Waals surface area contributed by atoms with Gasteiger partial charge in [-0.1, -0.05) is 29.8 Å². The van der Waals surface area contributed by atoms with Gasteiger partial charge in [-0.2, -0.15) is 20.0 Å². The van der Waals surface area contributed by atoms with Crippen LogP contribution in [0.4, 0.5) is 0 Å². The van der Waals surface area contributed by atoms with E-state index in [4.69, 9.17) is 12.2 Å². The molecule has 7 heteroatoms. The van der Waals surface area contributed by atoms with Crippen LogP contribution in [0.1, 0.15) is 22.5 Å². The van der Waals surface area contributed by atoms with Gasteiger partial charge >= 0.3 is 0 Å². The van der Waals surface area contributed by atoms with Gasteiger partial charge in [-0.05, 0) is 33.0 Å². The van der Waals surface area contributed by atoms with E-state index in [1.54, 1.807) is 10.9 Å². The van der Waals surface area contributed by atoms with Crippen LogP contribution < -0.4 is 0 Å². The highest BCUT2D eigenvalue weighted by atomic mass is 32.1. The van der Waals surface area contributed by atoms with Crippen LogP contribution in [0, 0.1) is 25.5 Å². The number of benzene rings is 1. The third-order valence-electron chi connectivity index (χ3n) is 3.83. The minimum absolute atomic E-state index is 0.455. The molecule has 0 saturated carbocycles. The zero-order chi connectivity index (χ0) is 16.6. The summed E-state index contributed by atoms with van der Waals surface area (Å²) in [6.07, 6.45) is 1.78. The third-order valence-corrected chi connectivity index (χ3v) is 4.09. The average Bonchev–Trinajstić information content (AvgIpc) is 2.99. The van der Waals surface area contributed by atoms with E-state index in [-0.39, 0.29) is 0 Å². The summed E-state index contributed by atoms with van der Waals surface area (Å²) in [7, 11) is 1.92. The summed E-state index contributed by atoms with van der Waals surface area (Å²) >= 11 is 5.30. The van der Waals surface area contributed by atoms with Gasteiger partial charge in [0.15, 0.2) is 5.82 Å². The number of rotatable bonds is 3. The number of aryl methyl sites for hydroxylation is 3. The third kappa shape index (κ3) is 2.87. The molecule has 0 amide bonds. The minimum atomic E-state index is 0.455. The van der Waals surface area contributed by atoms with Gasteiger partial charge in [0.1, 0.15) is 0 Å². The minimum Gasteiger partial charge on any atom is -0.272 e. The Morgan fingerprint density at radius 1 is 1.17 bits per heavy atom. The number of hydrogen-bond acceptors (Lipinski definition) is 4. The molecular formula is C16H18N6S. The van der Waals surface area contributed by atoms with Crippen molar-refractivity contribution in [3.8, 4) is 11.4 Å². The van der Waals surface area contributed by atoms with Crippen molar-refractivity contribution in [3.63, 3.8) is 0 Å². The zero-order valence-electron chi connectivity index (χ0n) is 13.5. The highest BCUT2D eigenvalue weighted by molar-refractivity contribution is 7.71. The van der Waals surface area contributed by atoms with E-state index in [0.29, 0.717) is 10.6 Å². The molecule has 23 heavy (non-hydrogen) atoms. The van der Waals surface area contributed by atoms with Crippen molar-refractivity contribution >= 4 is 18.4 Å². The van der Waals surface area contributed by atoms with Crippen LogP contribution in [0.5, 0.6) is 0 Å². The predicted molar refractivity (Wildman–Crippen MR) is 93.3 cm³/mol. The molecule has 0 bridgehead atoms. The SMILES string of the molecule is Cc1ccc(-c2n[nH]c(=S)n2N=Cc2c(C)nn(C)c2C)cc1. The van der Waals surface area contributed by atoms with E-state index in [9.17, 15) is 0 Å². The lowest BCUT2D eigenvalue weighted by Crippen LogP contribution is -1.97. The molecule has 3 rings (SSSR count). The van der Waals surface area contributed by atoms with Crippen molar-refractivity contribution in [2.24, 2.45) is 12.1 Å². The summed E-state index contributed by atoms with van der Waals surface area (Å²) in [6.45, 7) is 6.02. The Bertz CT molecular complexity index is 927. The number of H-pyrrole nitrogens is 1. The Morgan fingerprint density at radius 2 is 1.87 bits per heavy atom. The van der Waals surface area contributed by atoms with Gasteiger partial charge in [0.25, 0.3) is 0 Å². The molecule has 2 aromatic heterocycles. The fourth-order valence-electron chi connectivity index (χ4n) is 2.38. The van der Waals surface area contributed by atoms with Gasteiger partial charge in [0, 0.05) is 23.9 Å². The van der Waals surface area contributed by atoms with Gasteiger partial charge in [-0.3, -0.25) is 4.68 Å². The zero-order valence-corrected chi connectivity index (χ0v) is 14.3. The molecule has 0 saturated heterocycles. The number of nitrogens with one attached hydrogen (secondary N) is 1. The lowest BCUT2D eigenvalue weighted by molar-refractivity contribution is 0.731. The number of hydrogen-bond donors (Lipinski definition) is 1. The van der Waals surface area contributed by atoms with Gasteiger partial charge in [0.05, 0.1) is 11.9 Å². The van der Waals surface area contributed by atoms with Gasteiger partial charge < -0.3 is 0 Å². The first kappa shape index (κ1) is 15.4. The molecule has 1 N–H and O–H groups in total. The summed E-state index contributed by atoms with van der Waals surface area (Å²) in [5, 5.41) is 16.0. The molecule has 0 spiro atoms. The van der Waals surface area contributed by atoms with Crippen molar-refractivity contribution in [3.05, 3.63) is 51.6 Å². The maximum atomic E-state index is 5.30. The van der Waals surface area contributed by atoms with Gasteiger partial charge in [0.2, 0.25) is 4.77 Å². The molecule has 0 unspecified atom stereocenters. The topological polar surface area (TPSA) is 63.8 Å². The van der Waals surface area contributed by atoms with Crippen molar-refractivity contribution in [2.75, 3.05) is 0 Å². The molecule has 0 fully saturated rings. The smallest absolute Gasteiger partial charge is 0.216 e.